The van der Waals surface area contributed by atoms with E-state index in [0.717, 1.165) is 12.0 Å². The number of aliphatic hydroxyl groups excluding tert-OH is 1. The number of hydrogen-bond acceptors (Lipinski definition) is 3. The molecule has 0 aliphatic carbocycles. The summed E-state index contributed by atoms with van der Waals surface area (Å²) < 4.78 is 5.43. The zero-order valence-electron chi connectivity index (χ0n) is 11.8. The highest BCUT2D eigenvalue weighted by Gasteiger charge is 2.22. The summed E-state index contributed by atoms with van der Waals surface area (Å²) >= 11 is 0. The Morgan fingerprint density at radius 1 is 1.28 bits per heavy atom. The summed E-state index contributed by atoms with van der Waals surface area (Å²) in [6.07, 6.45) is 0.896. The minimum absolute atomic E-state index is 0.0196. The van der Waals surface area contributed by atoms with Gasteiger partial charge in [0.05, 0.1) is 18.2 Å². The first-order valence-electron chi connectivity index (χ1n) is 6.45. The van der Waals surface area contributed by atoms with Crippen molar-refractivity contribution in [3.63, 3.8) is 0 Å². The fourth-order valence-corrected chi connectivity index (χ4v) is 2.16. The van der Waals surface area contributed by atoms with Crippen molar-refractivity contribution in [1.82, 2.24) is 5.32 Å². The van der Waals surface area contributed by atoms with E-state index in [2.05, 4.69) is 26.1 Å². The van der Waals surface area contributed by atoms with E-state index >= 15 is 0 Å². The molecule has 102 valence electrons. The second kappa shape index (κ2) is 6.88. The smallest absolute Gasteiger partial charge is 0.0637 e. The van der Waals surface area contributed by atoms with Gasteiger partial charge in [0.25, 0.3) is 0 Å². The van der Waals surface area contributed by atoms with Gasteiger partial charge in [-0.3, -0.25) is 0 Å². The van der Waals surface area contributed by atoms with Crippen LogP contribution in [0.4, 0.5) is 0 Å². The van der Waals surface area contributed by atoms with Gasteiger partial charge in [-0.25, -0.2) is 0 Å². The van der Waals surface area contributed by atoms with Gasteiger partial charge in [0.15, 0.2) is 0 Å². The molecule has 1 aromatic carbocycles. The first kappa shape index (κ1) is 15.2. The third-order valence-corrected chi connectivity index (χ3v) is 3.22. The van der Waals surface area contributed by atoms with Gasteiger partial charge in [-0.2, -0.15) is 0 Å². The lowest BCUT2D eigenvalue weighted by Crippen LogP contribution is -2.38. The molecule has 0 aliphatic rings. The zero-order valence-corrected chi connectivity index (χ0v) is 11.8. The van der Waals surface area contributed by atoms with Crippen LogP contribution in [0.2, 0.25) is 0 Å². The van der Waals surface area contributed by atoms with Crippen molar-refractivity contribution in [1.29, 1.82) is 0 Å². The second-order valence-corrected chi connectivity index (χ2v) is 5.38. The van der Waals surface area contributed by atoms with Crippen molar-refractivity contribution >= 4 is 0 Å². The Morgan fingerprint density at radius 2 is 1.89 bits per heavy atom. The normalized spacial score (nSPS) is 15.4. The van der Waals surface area contributed by atoms with Gasteiger partial charge in [0.2, 0.25) is 0 Å². The lowest BCUT2D eigenvalue weighted by molar-refractivity contribution is 0.00695. The molecule has 0 aromatic heterocycles. The summed E-state index contributed by atoms with van der Waals surface area (Å²) in [6.45, 7) is 6.36. The van der Waals surface area contributed by atoms with Crippen molar-refractivity contribution < 1.29 is 9.84 Å². The lowest BCUT2D eigenvalue weighted by atomic mass is 9.98. The fourth-order valence-electron chi connectivity index (χ4n) is 2.16. The number of methoxy groups -OCH3 is 1. The standard InChI is InChI=1S/C15H25NO2/c1-12(10-15(2,3)18-4)16-14(11-17)13-8-6-5-7-9-13/h5-9,12,14,16-17H,10-11H2,1-4H3. The maximum atomic E-state index is 9.49. The largest absolute Gasteiger partial charge is 0.394 e. The molecule has 1 aromatic rings. The highest BCUT2D eigenvalue weighted by molar-refractivity contribution is 5.19. The van der Waals surface area contributed by atoms with Crippen LogP contribution in [-0.2, 0) is 4.74 Å². The van der Waals surface area contributed by atoms with E-state index in [-0.39, 0.29) is 24.3 Å². The molecule has 0 amide bonds. The Labute approximate surface area is 110 Å². The van der Waals surface area contributed by atoms with Crippen molar-refractivity contribution in [3.8, 4) is 0 Å². The summed E-state index contributed by atoms with van der Waals surface area (Å²) in [4.78, 5) is 0. The third kappa shape index (κ3) is 4.77. The van der Waals surface area contributed by atoms with Gasteiger partial charge in [-0.1, -0.05) is 30.3 Å². The zero-order chi connectivity index (χ0) is 13.6. The van der Waals surface area contributed by atoms with E-state index in [1.165, 1.54) is 0 Å². The maximum absolute atomic E-state index is 9.49. The lowest BCUT2D eigenvalue weighted by Gasteiger charge is -2.29. The minimum atomic E-state index is -0.150. The van der Waals surface area contributed by atoms with E-state index in [4.69, 9.17) is 4.74 Å². The Kier molecular flexibility index (Phi) is 5.79. The highest BCUT2D eigenvalue weighted by atomic mass is 16.5. The molecule has 0 radical (unpaired) electrons. The van der Waals surface area contributed by atoms with Crippen molar-refractivity contribution in [2.45, 2.75) is 44.9 Å². The van der Waals surface area contributed by atoms with Crippen LogP contribution in [0.15, 0.2) is 30.3 Å². The predicted molar refractivity (Wildman–Crippen MR) is 74.6 cm³/mol. The van der Waals surface area contributed by atoms with E-state index in [9.17, 15) is 5.11 Å². The van der Waals surface area contributed by atoms with E-state index in [0.29, 0.717) is 0 Å². The number of rotatable bonds is 7. The highest BCUT2D eigenvalue weighted by Crippen LogP contribution is 2.18. The molecule has 0 spiro atoms. The first-order valence-corrected chi connectivity index (χ1v) is 6.45. The summed E-state index contributed by atoms with van der Waals surface area (Å²) in [5.74, 6) is 0. The van der Waals surface area contributed by atoms with Crippen LogP contribution in [0, 0.1) is 0 Å². The predicted octanol–water partition coefficient (Wildman–Crippen LogP) is 2.51. The molecule has 3 nitrogen and oxygen atoms in total. The van der Waals surface area contributed by atoms with E-state index in [1.54, 1.807) is 7.11 Å². The Bertz CT molecular complexity index is 338. The molecule has 0 bridgehead atoms. The molecular formula is C15H25NO2. The number of nitrogens with one attached hydrogen (secondary N) is 1. The first-order chi connectivity index (χ1) is 8.48. The molecule has 3 heteroatoms. The van der Waals surface area contributed by atoms with Crippen molar-refractivity contribution in [3.05, 3.63) is 35.9 Å². The number of ether oxygens (including phenoxy) is 1. The van der Waals surface area contributed by atoms with E-state index in [1.807, 2.05) is 30.3 Å². The van der Waals surface area contributed by atoms with Crippen LogP contribution in [-0.4, -0.2) is 30.5 Å². The molecule has 1 rings (SSSR count). The van der Waals surface area contributed by atoms with Gasteiger partial charge >= 0.3 is 0 Å². The summed E-state index contributed by atoms with van der Waals surface area (Å²) in [5, 5.41) is 12.9. The molecule has 0 saturated carbocycles. The Hall–Kier alpha value is -0.900. The average Bonchev–Trinajstić information content (AvgIpc) is 2.36. The molecule has 0 fully saturated rings. The average molecular weight is 251 g/mol. The molecule has 0 heterocycles. The molecule has 0 aliphatic heterocycles. The van der Waals surface area contributed by atoms with Crippen molar-refractivity contribution in [2.24, 2.45) is 0 Å². The van der Waals surface area contributed by atoms with Crippen LogP contribution in [0.3, 0.4) is 0 Å². The molecule has 18 heavy (non-hydrogen) atoms. The molecule has 0 saturated heterocycles. The Balaban J connectivity index is 2.59. The van der Waals surface area contributed by atoms with Gasteiger partial charge in [0.1, 0.15) is 0 Å². The molecular weight excluding hydrogens is 226 g/mol. The van der Waals surface area contributed by atoms with Gasteiger partial charge in [-0.15, -0.1) is 0 Å². The fraction of sp³-hybridized carbons (Fsp3) is 0.600. The van der Waals surface area contributed by atoms with Crippen LogP contribution in [0.1, 0.15) is 38.8 Å². The Morgan fingerprint density at radius 3 is 2.39 bits per heavy atom. The molecule has 2 N–H and O–H groups in total. The van der Waals surface area contributed by atoms with Crippen LogP contribution in [0.5, 0.6) is 0 Å². The van der Waals surface area contributed by atoms with Crippen LogP contribution in [0.25, 0.3) is 0 Å². The summed E-state index contributed by atoms with van der Waals surface area (Å²) in [7, 11) is 1.73. The third-order valence-electron chi connectivity index (χ3n) is 3.22. The van der Waals surface area contributed by atoms with E-state index < -0.39 is 0 Å². The van der Waals surface area contributed by atoms with Gasteiger partial charge < -0.3 is 15.2 Å². The monoisotopic (exact) mass is 251 g/mol. The minimum Gasteiger partial charge on any atom is -0.394 e. The molecule has 2 atom stereocenters. The van der Waals surface area contributed by atoms with Gasteiger partial charge in [-0.05, 0) is 32.8 Å². The summed E-state index contributed by atoms with van der Waals surface area (Å²) in [5.41, 5.74) is 0.963. The van der Waals surface area contributed by atoms with Gasteiger partial charge in [0, 0.05) is 13.2 Å². The number of aliphatic hydroxyl groups is 1. The van der Waals surface area contributed by atoms with Crippen LogP contribution >= 0.6 is 0 Å². The topological polar surface area (TPSA) is 41.5 Å². The quantitative estimate of drug-likeness (QED) is 0.782. The number of hydrogen-bond donors (Lipinski definition) is 2. The summed E-state index contributed by atoms with van der Waals surface area (Å²) in [6, 6.07) is 10.3. The SMILES string of the molecule is COC(C)(C)CC(C)NC(CO)c1ccccc1. The number of benzene rings is 1. The molecule has 2 unspecified atom stereocenters. The van der Waals surface area contributed by atoms with Crippen LogP contribution < -0.4 is 5.32 Å². The maximum Gasteiger partial charge on any atom is 0.0637 e. The second-order valence-electron chi connectivity index (χ2n) is 5.38. The van der Waals surface area contributed by atoms with Crippen molar-refractivity contribution in [2.75, 3.05) is 13.7 Å².